The zero-order valence-corrected chi connectivity index (χ0v) is 11.1. The molecule has 2 heterocycles. The molecular weight excluding hydrogens is 236 g/mol. The van der Waals surface area contributed by atoms with Crippen molar-refractivity contribution in [3.05, 3.63) is 16.0 Å². The molecule has 1 aliphatic rings. The van der Waals surface area contributed by atoms with E-state index in [0.29, 0.717) is 36.9 Å². The smallest absolute Gasteiger partial charge is 0.257 e. The molecule has 2 N–H and O–H groups in total. The number of hydrogen-bond donors (Lipinski definition) is 1. The molecule has 1 saturated heterocycles. The third-order valence-electron chi connectivity index (χ3n) is 3.11. The molecule has 0 aliphatic carbocycles. The molecule has 5 heteroatoms. The van der Waals surface area contributed by atoms with E-state index in [1.165, 1.54) is 16.2 Å². The zero-order valence-electron chi connectivity index (χ0n) is 10.3. The van der Waals surface area contributed by atoms with E-state index in [0.717, 1.165) is 12.0 Å². The SMILES string of the molecule is CCc1sc(N)c(C(=O)N2CCOCC2)c1C. The van der Waals surface area contributed by atoms with Crippen molar-refractivity contribution in [2.24, 2.45) is 0 Å². The van der Waals surface area contributed by atoms with Gasteiger partial charge in [0.05, 0.1) is 23.8 Å². The summed E-state index contributed by atoms with van der Waals surface area (Å²) in [6, 6.07) is 0. The first-order valence-electron chi connectivity index (χ1n) is 5.90. The lowest BCUT2D eigenvalue weighted by Gasteiger charge is -2.27. The molecule has 17 heavy (non-hydrogen) atoms. The largest absolute Gasteiger partial charge is 0.390 e. The predicted octanol–water partition coefficient (Wildman–Crippen LogP) is 1.67. The number of carbonyl (C=O) groups is 1. The van der Waals surface area contributed by atoms with Crippen LogP contribution in [-0.2, 0) is 11.2 Å². The van der Waals surface area contributed by atoms with E-state index < -0.39 is 0 Å². The summed E-state index contributed by atoms with van der Waals surface area (Å²) in [6.45, 7) is 6.63. The van der Waals surface area contributed by atoms with Gasteiger partial charge in [0, 0.05) is 18.0 Å². The number of nitrogens with zero attached hydrogens (tertiary/aromatic N) is 1. The number of aryl methyl sites for hydroxylation is 1. The normalized spacial score (nSPS) is 16.2. The minimum Gasteiger partial charge on any atom is -0.390 e. The molecule has 0 atom stereocenters. The maximum Gasteiger partial charge on any atom is 0.257 e. The van der Waals surface area contributed by atoms with E-state index in [9.17, 15) is 4.79 Å². The maximum atomic E-state index is 12.4. The van der Waals surface area contributed by atoms with Crippen molar-refractivity contribution < 1.29 is 9.53 Å². The van der Waals surface area contributed by atoms with Crippen LogP contribution in [0.3, 0.4) is 0 Å². The van der Waals surface area contributed by atoms with E-state index >= 15 is 0 Å². The molecule has 2 rings (SSSR count). The van der Waals surface area contributed by atoms with E-state index in [2.05, 4.69) is 6.92 Å². The molecule has 1 aromatic heterocycles. The lowest BCUT2D eigenvalue weighted by atomic mass is 10.1. The molecule has 1 aromatic rings. The van der Waals surface area contributed by atoms with Gasteiger partial charge in [0.1, 0.15) is 0 Å². The third kappa shape index (κ3) is 2.30. The Morgan fingerprint density at radius 2 is 2.12 bits per heavy atom. The zero-order chi connectivity index (χ0) is 12.4. The highest BCUT2D eigenvalue weighted by molar-refractivity contribution is 7.16. The first-order valence-corrected chi connectivity index (χ1v) is 6.71. The number of rotatable bonds is 2. The molecule has 1 fully saturated rings. The molecule has 0 unspecified atom stereocenters. The summed E-state index contributed by atoms with van der Waals surface area (Å²) in [5.74, 6) is 0.0549. The number of thiophene rings is 1. The summed E-state index contributed by atoms with van der Waals surface area (Å²) in [5.41, 5.74) is 7.72. The highest BCUT2D eigenvalue weighted by Gasteiger charge is 2.24. The summed E-state index contributed by atoms with van der Waals surface area (Å²) in [5, 5.41) is 0.649. The van der Waals surface area contributed by atoms with Gasteiger partial charge in [0.15, 0.2) is 0 Å². The fourth-order valence-corrected chi connectivity index (χ4v) is 3.12. The second-order valence-corrected chi connectivity index (χ2v) is 5.28. The molecule has 4 nitrogen and oxygen atoms in total. The van der Waals surface area contributed by atoms with E-state index in [1.807, 2.05) is 11.8 Å². The second-order valence-electron chi connectivity index (χ2n) is 4.15. The molecule has 94 valence electrons. The number of nitrogen functional groups attached to an aromatic ring is 1. The van der Waals surface area contributed by atoms with Crippen molar-refractivity contribution in [1.29, 1.82) is 0 Å². The van der Waals surface area contributed by atoms with Crippen LogP contribution in [0.25, 0.3) is 0 Å². The number of ether oxygens (including phenoxy) is 1. The Hall–Kier alpha value is -1.07. The standard InChI is InChI=1S/C12H18N2O2S/c1-3-9-8(2)10(11(13)17-9)12(15)14-4-6-16-7-5-14/h3-7,13H2,1-2H3. The number of amides is 1. The monoisotopic (exact) mass is 254 g/mol. The van der Waals surface area contributed by atoms with Crippen LogP contribution in [0.15, 0.2) is 0 Å². The topological polar surface area (TPSA) is 55.6 Å². The van der Waals surface area contributed by atoms with Crippen molar-refractivity contribution in [1.82, 2.24) is 4.90 Å². The van der Waals surface area contributed by atoms with Crippen LogP contribution in [0.2, 0.25) is 0 Å². The lowest BCUT2D eigenvalue weighted by molar-refractivity contribution is 0.0303. The van der Waals surface area contributed by atoms with E-state index in [-0.39, 0.29) is 5.91 Å². The van der Waals surface area contributed by atoms with Gasteiger partial charge in [0.2, 0.25) is 0 Å². The van der Waals surface area contributed by atoms with Crippen LogP contribution in [0.4, 0.5) is 5.00 Å². The minimum absolute atomic E-state index is 0.0549. The Morgan fingerprint density at radius 1 is 1.47 bits per heavy atom. The highest BCUT2D eigenvalue weighted by Crippen LogP contribution is 2.31. The van der Waals surface area contributed by atoms with Crippen LogP contribution in [-0.4, -0.2) is 37.1 Å². The maximum absolute atomic E-state index is 12.4. The second kappa shape index (κ2) is 5.06. The van der Waals surface area contributed by atoms with Crippen molar-refractivity contribution in [2.45, 2.75) is 20.3 Å². The van der Waals surface area contributed by atoms with Crippen LogP contribution in [0, 0.1) is 6.92 Å². The Bertz CT molecular complexity index is 422. The molecule has 0 radical (unpaired) electrons. The average Bonchev–Trinajstić information content (AvgIpc) is 2.64. The molecule has 1 aliphatic heterocycles. The number of carbonyl (C=O) groups excluding carboxylic acids is 1. The molecule has 0 aromatic carbocycles. The van der Waals surface area contributed by atoms with Gasteiger partial charge in [-0.25, -0.2) is 0 Å². The Labute approximate surface area is 105 Å². The number of anilines is 1. The van der Waals surface area contributed by atoms with Crippen molar-refractivity contribution >= 4 is 22.2 Å². The van der Waals surface area contributed by atoms with Gasteiger partial charge in [-0.1, -0.05) is 6.92 Å². The lowest BCUT2D eigenvalue weighted by Crippen LogP contribution is -2.41. The van der Waals surface area contributed by atoms with Crippen molar-refractivity contribution in [3.8, 4) is 0 Å². The Morgan fingerprint density at radius 3 is 2.65 bits per heavy atom. The molecular formula is C12H18N2O2S. The van der Waals surface area contributed by atoms with Gasteiger partial charge in [-0.05, 0) is 18.9 Å². The van der Waals surface area contributed by atoms with Crippen molar-refractivity contribution in [3.63, 3.8) is 0 Å². The minimum atomic E-state index is 0.0549. The average molecular weight is 254 g/mol. The summed E-state index contributed by atoms with van der Waals surface area (Å²) in [4.78, 5) is 15.4. The molecule has 1 amide bonds. The van der Waals surface area contributed by atoms with Crippen LogP contribution >= 0.6 is 11.3 Å². The van der Waals surface area contributed by atoms with Gasteiger partial charge in [-0.15, -0.1) is 11.3 Å². The van der Waals surface area contributed by atoms with Gasteiger partial charge in [-0.3, -0.25) is 4.79 Å². The van der Waals surface area contributed by atoms with Crippen LogP contribution in [0.5, 0.6) is 0 Å². The Kier molecular flexibility index (Phi) is 3.69. The van der Waals surface area contributed by atoms with Gasteiger partial charge in [-0.2, -0.15) is 0 Å². The number of nitrogens with two attached hydrogens (primary N) is 1. The molecule has 0 bridgehead atoms. The van der Waals surface area contributed by atoms with Gasteiger partial charge < -0.3 is 15.4 Å². The number of hydrogen-bond acceptors (Lipinski definition) is 4. The van der Waals surface area contributed by atoms with Crippen molar-refractivity contribution in [2.75, 3.05) is 32.0 Å². The fraction of sp³-hybridized carbons (Fsp3) is 0.583. The predicted molar refractivity (Wildman–Crippen MR) is 69.6 cm³/mol. The summed E-state index contributed by atoms with van der Waals surface area (Å²) >= 11 is 1.53. The molecule has 0 spiro atoms. The first-order chi connectivity index (χ1) is 8.15. The molecule has 0 saturated carbocycles. The van der Waals surface area contributed by atoms with E-state index in [1.54, 1.807) is 0 Å². The quantitative estimate of drug-likeness (QED) is 0.873. The Balaban J connectivity index is 2.26. The fourth-order valence-electron chi connectivity index (χ4n) is 2.11. The van der Waals surface area contributed by atoms with Gasteiger partial charge in [0.25, 0.3) is 5.91 Å². The summed E-state index contributed by atoms with van der Waals surface area (Å²) in [7, 11) is 0. The number of morpholine rings is 1. The highest BCUT2D eigenvalue weighted by atomic mass is 32.1. The van der Waals surface area contributed by atoms with Crippen LogP contribution in [0.1, 0.15) is 27.7 Å². The third-order valence-corrected chi connectivity index (χ3v) is 4.37. The first kappa shape index (κ1) is 12.4. The van der Waals surface area contributed by atoms with Gasteiger partial charge >= 0.3 is 0 Å². The van der Waals surface area contributed by atoms with E-state index in [4.69, 9.17) is 10.5 Å². The summed E-state index contributed by atoms with van der Waals surface area (Å²) < 4.78 is 5.25. The van der Waals surface area contributed by atoms with Crippen LogP contribution < -0.4 is 5.73 Å². The summed E-state index contributed by atoms with van der Waals surface area (Å²) in [6.07, 6.45) is 0.928.